The van der Waals surface area contributed by atoms with Gasteiger partial charge in [-0.3, -0.25) is 9.59 Å². The molecule has 1 aromatic carbocycles. The standard InChI is InChI=1S/C17H7B2ClF3N5O3/c18-16(19,11-1-2-12(29)27-26-11)28-7-25-14(17(21,22)23)13(15(28)30)31-10-4-8(6-24)3-9(20)5-10/h1-5,7H,(H,27,29). The molecule has 3 rings (SSSR count). The molecule has 31 heavy (non-hydrogen) atoms. The SMILES string of the molecule is [B]C([B])(c1ccc(=O)[nH]n1)n1cnc(C(F)(F)F)c(Oc2cc(Cl)cc(C#N)c2)c1=O. The van der Waals surface area contributed by atoms with Crippen LogP contribution in [0, 0.1) is 11.3 Å². The Labute approximate surface area is 179 Å². The first-order valence-corrected chi connectivity index (χ1v) is 8.53. The third kappa shape index (κ3) is 4.49. The molecule has 3 aromatic rings. The van der Waals surface area contributed by atoms with Gasteiger partial charge in [-0.05, 0) is 24.3 Å². The average Bonchev–Trinajstić information content (AvgIpc) is 2.68. The summed E-state index contributed by atoms with van der Waals surface area (Å²) in [5, 5.41) is 12.3. The molecule has 8 nitrogen and oxygen atoms in total. The number of nitrogens with zero attached hydrogens (tertiary/aromatic N) is 4. The fourth-order valence-corrected chi connectivity index (χ4v) is 2.71. The maximum absolute atomic E-state index is 13.5. The largest absolute Gasteiger partial charge is 0.449 e. The molecule has 0 aliphatic heterocycles. The van der Waals surface area contributed by atoms with E-state index in [0.717, 1.165) is 24.3 Å². The van der Waals surface area contributed by atoms with Gasteiger partial charge in [-0.25, -0.2) is 10.1 Å². The van der Waals surface area contributed by atoms with Crippen molar-refractivity contribution in [3.63, 3.8) is 0 Å². The Morgan fingerprint density at radius 1 is 1.19 bits per heavy atom. The molecule has 4 radical (unpaired) electrons. The molecule has 0 atom stereocenters. The van der Waals surface area contributed by atoms with Crippen molar-refractivity contribution < 1.29 is 17.9 Å². The number of nitrogens with one attached hydrogen (secondary N) is 1. The van der Waals surface area contributed by atoms with E-state index in [2.05, 4.69) is 10.1 Å². The lowest BCUT2D eigenvalue weighted by atomic mass is 9.59. The zero-order valence-corrected chi connectivity index (χ0v) is 15.9. The smallest absolute Gasteiger partial charge is 0.437 e. The molecule has 0 saturated heterocycles. The van der Waals surface area contributed by atoms with Gasteiger partial charge < -0.3 is 9.30 Å². The van der Waals surface area contributed by atoms with E-state index in [1.54, 1.807) is 6.07 Å². The molecule has 0 spiro atoms. The Balaban J connectivity index is 2.21. The normalized spacial score (nSPS) is 11.7. The lowest BCUT2D eigenvalue weighted by Crippen LogP contribution is -2.45. The number of aromatic nitrogens is 4. The Bertz CT molecular complexity index is 1300. The van der Waals surface area contributed by atoms with Gasteiger partial charge in [0.15, 0.2) is 5.69 Å². The van der Waals surface area contributed by atoms with Crippen LogP contribution in [0.4, 0.5) is 13.2 Å². The van der Waals surface area contributed by atoms with Gasteiger partial charge in [0, 0.05) is 16.4 Å². The fourth-order valence-electron chi connectivity index (χ4n) is 2.49. The van der Waals surface area contributed by atoms with E-state index in [-0.39, 0.29) is 22.0 Å². The van der Waals surface area contributed by atoms with E-state index < -0.39 is 34.1 Å². The summed E-state index contributed by atoms with van der Waals surface area (Å²) in [6, 6.07) is 7.26. The minimum Gasteiger partial charge on any atom is -0.449 e. The van der Waals surface area contributed by atoms with Crippen LogP contribution in [0.3, 0.4) is 0 Å². The van der Waals surface area contributed by atoms with Gasteiger partial charge in [0.2, 0.25) is 5.75 Å². The van der Waals surface area contributed by atoms with E-state index >= 15 is 0 Å². The topological polar surface area (TPSA) is 114 Å². The zero-order valence-electron chi connectivity index (χ0n) is 15.1. The maximum Gasteiger partial charge on any atom is 0.437 e. The van der Waals surface area contributed by atoms with E-state index in [1.165, 1.54) is 6.07 Å². The Kier molecular flexibility index (Phi) is 5.69. The van der Waals surface area contributed by atoms with Crippen molar-refractivity contribution in [2.24, 2.45) is 0 Å². The lowest BCUT2D eigenvalue weighted by Gasteiger charge is -2.28. The third-order valence-electron chi connectivity index (χ3n) is 3.91. The number of ether oxygens (including phenoxy) is 1. The van der Waals surface area contributed by atoms with Gasteiger partial charge in [0.1, 0.15) is 5.75 Å². The summed E-state index contributed by atoms with van der Waals surface area (Å²) in [5.41, 5.74) is -3.94. The summed E-state index contributed by atoms with van der Waals surface area (Å²) < 4.78 is 46.0. The predicted molar refractivity (Wildman–Crippen MR) is 103 cm³/mol. The minimum atomic E-state index is -5.08. The number of hydrogen-bond donors (Lipinski definition) is 1. The van der Waals surface area contributed by atoms with Crippen molar-refractivity contribution in [3.05, 3.63) is 79.3 Å². The molecule has 1 N–H and O–H groups in total. The van der Waals surface area contributed by atoms with Crippen molar-refractivity contribution in [3.8, 4) is 17.6 Å². The lowest BCUT2D eigenvalue weighted by molar-refractivity contribution is -0.142. The van der Waals surface area contributed by atoms with Crippen LogP contribution in [0.2, 0.25) is 5.02 Å². The molecule has 14 heteroatoms. The van der Waals surface area contributed by atoms with Gasteiger partial charge in [-0.1, -0.05) is 11.6 Å². The van der Waals surface area contributed by atoms with Crippen LogP contribution < -0.4 is 15.9 Å². The second-order valence-corrected chi connectivity index (χ2v) is 6.55. The third-order valence-corrected chi connectivity index (χ3v) is 4.13. The monoisotopic (exact) mass is 443 g/mol. The highest BCUT2D eigenvalue weighted by atomic mass is 35.5. The number of alkyl halides is 3. The van der Waals surface area contributed by atoms with Crippen molar-refractivity contribution in [2.75, 3.05) is 0 Å². The van der Waals surface area contributed by atoms with Crippen LogP contribution >= 0.6 is 11.6 Å². The Morgan fingerprint density at radius 3 is 2.48 bits per heavy atom. The molecule has 0 fully saturated rings. The van der Waals surface area contributed by atoms with Crippen LogP contribution in [0.1, 0.15) is 17.0 Å². The van der Waals surface area contributed by atoms with Crippen LogP contribution in [-0.4, -0.2) is 35.4 Å². The molecule has 0 amide bonds. The van der Waals surface area contributed by atoms with Crippen molar-refractivity contribution >= 4 is 27.3 Å². The first-order valence-electron chi connectivity index (χ1n) is 8.15. The molecule has 0 bridgehead atoms. The quantitative estimate of drug-likeness (QED) is 0.614. The highest BCUT2D eigenvalue weighted by Gasteiger charge is 2.40. The van der Waals surface area contributed by atoms with Gasteiger partial charge in [-0.15, -0.1) is 0 Å². The molecule has 0 aliphatic carbocycles. The van der Waals surface area contributed by atoms with E-state index in [1.807, 2.05) is 5.10 Å². The maximum atomic E-state index is 13.5. The van der Waals surface area contributed by atoms with E-state index in [9.17, 15) is 22.8 Å². The molecular weight excluding hydrogens is 436 g/mol. The van der Waals surface area contributed by atoms with Crippen LogP contribution in [0.15, 0.2) is 46.2 Å². The summed E-state index contributed by atoms with van der Waals surface area (Å²) in [6.07, 6.45) is -4.60. The first-order chi connectivity index (χ1) is 14.4. The molecule has 0 unspecified atom stereocenters. The van der Waals surface area contributed by atoms with Crippen molar-refractivity contribution in [2.45, 2.75) is 11.5 Å². The van der Waals surface area contributed by atoms with Gasteiger partial charge >= 0.3 is 6.18 Å². The number of H-pyrrole nitrogens is 1. The highest BCUT2D eigenvalue weighted by molar-refractivity contribution is 6.39. The molecule has 0 saturated carbocycles. The van der Waals surface area contributed by atoms with Crippen LogP contribution in [-0.2, 0) is 11.5 Å². The van der Waals surface area contributed by atoms with E-state index in [0.29, 0.717) is 10.9 Å². The molecular formula is C17H7B2ClF3N5O3. The van der Waals surface area contributed by atoms with Crippen molar-refractivity contribution in [1.29, 1.82) is 5.26 Å². The summed E-state index contributed by atoms with van der Waals surface area (Å²) in [4.78, 5) is 27.3. The van der Waals surface area contributed by atoms with Crippen LogP contribution in [0.25, 0.3) is 0 Å². The number of rotatable bonds is 4. The number of aromatic amines is 1. The zero-order chi connectivity index (χ0) is 23.0. The van der Waals surface area contributed by atoms with Gasteiger partial charge in [0.05, 0.1) is 39.3 Å². The Hall–Kier alpha value is -3.52. The highest BCUT2D eigenvalue weighted by Crippen LogP contribution is 2.35. The van der Waals surface area contributed by atoms with E-state index in [4.69, 9.17) is 37.3 Å². The number of hydrogen-bond acceptors (Lipinski definition) is 6. The summed E-state index contributed by atoms with van der Waals surface area (Å²) in [7, 11) is 11.8. The van der Waals surface area contributed by atoms with Gasteiger partial charge in [-0.2, -0.15) is 23.5 Å². The minimum absolute atomic E-state index is 0.0174. The van der Waals surface area contributed by atoms with Crippen LogP contribution in [0.5, 0.6) is 11.5 Å². The summed E-state index contributed by atoms with van der Waals surface area (Å²) >= 11 is 5.83. The second kappa shape index (κ2) is 7.96. The van der Waals surface area contributed by atoms with Gasteiger partial charge in [0.25, 0.3) is 11.1 Å². The first kappa shape index (κ1) is 22.2. The number of halogens is 4. The Morgan fingerprint density at radius 2 is 1.90 bits per heavy atom. The number of nitriles is 1. The molecule has 2 aromatic heterocycles. The predicted octanol–water partition coefficient (Wildman–Crippen LogP) is 1.66. The summed E-state index contributed by atoms with van der Waals surface area (Å²) in [6.45, 7) is 0. The fraction of sp³-hybridized carbons (Fsp3) is 0.118. The molecule has 0 aliphatic rings. The molecule has 2 heterocycles. The number of benzene rings is 1. The van der Waals surface area contributed by atoms with Crippen molar-refractivity contribution in [1.82, 2.24) is 19.7 Å². The second-order valence-electron chi connectivity index (χ2n) is 6.12. The molecule has 152 valence electrons. The summed E-state index contributed by atoms with van der Waals surface area (Å²) in [5.74, 6) is -1.58. The average molecular weight is 443 g/mol.